The first-order valence-corrected chi connectivity index (χ1v) is 6.02. The van der Waals surface area contributed by atoms with Crippen molar-refractivity contribution in [2.75, 3.05) is 0 Å². The number of carbonyl (C=O) groups is 1. The lowest BCUT2D eigenvalue weighted by Gasteiger charge is -2.33. The Morgan fingerprint density at radius 1 is 1.53 bits per heavy atom. The van der Waals surface area contributed by atoms with E-state index in [1.54, 1.807) is 26.8 Å². The fourth-order valence-corrected chi connectivity index (χ4v) is 1.75. The van der Waals surface area contributed by atoms with Gasteiger partial charge in [-0.1, -0.05) is 26.0 Å². The summed E-state index contributed by atoms with van der Waals surface area (Å²) < 4.78 is 5.11. The lowest BCUT2D eigenvalue weighted by molar-refractivity contribution is -0.169. The molecule has 0 aliphatic heterocycles. The van der Waals surface area contributed by atoms with Gasteiger partial charge in [0.1, 0.15) is 0 Å². The SMILES string of the molecule is C=C[C@H](CCC)[C@@](O)(C(=C)C)C(=O)OC(C)C. The van der Waals surface area contributed by atoms with E-state index >= 15 is 0 Å². The van der Waals surface area contributed by atoms with Gasteiger partial charge >= 0.3 is 5.97 Å². The maximum atomic E-state index is 12.0. The third-order valence-corrected chi connectivity index (χ3v) is 2.73. The minimum Gasteiger partial charge on any atom is -0.461 e. The molecule has 1 N–H and O–H groups in total. The van der Waals surface area contributed by atoms with E-state index in [0.29, 0.717) is 12.0 Å². The van der Waals surface area contributed by atoms with Crippen molar-refractivity contribution in [3.05, 3.63) is 24.8 Å². The average Bonchev–Trinajstić information content (AvgIpc) is 2.23. The number of aliphatic hydroxyl groups is 1. The van der Waals surface area contributed by atoms with Crippen LogP contribution in [0.4, 0.5) is 0 Å². The van der Waals surface area contributed by atoms with Crippen LogP contribution in [-0.2, 0) is 9.53 Å². The molecule has 0 saturated carbocycles. The number of ether oxygens (including phenoxy) is 1. The van der Waals surface area contributed by atoms with E-state index in [0.717, 1.165) is 6.42 Å². The molecule has 0 aliphatic carbocycles. The molecular formula is C14H24O3. The minimum absolute atomic E-state index is 0.263. The second-order valence-electron chi connectivity index (χ2n) is 4.63. The smallest absolute Gasteiger partial charge is 0.343 e. The Labute approximate surface area is 104 Å². The molecule has 2 atom stereocenters. The molecule has 0 heterocycles. The molecule has 98 valence electrons. The van der Waals surface area contributed by atoms with Crippen LogP contribution in [0, 0.1) is 5.92 Å². The zero-order valence-electron chi connectivity index (χ0n) is 11.3. The molecule has 0 unspecified atom stereocenters. The molecule has 0 aromatic carbocycles. The van der Waals surface area contributed by atoms with Gasteiger partial charge in [0.05, 0.1) is 6.10 Å². The van der Waals surface area contributed by atoms with Crippen LogP contribution in [0.15, 0.2) is 24.8 Å². The number of carbonyl (C=O) groups excluding carboxylic acids is 1. The van der Waals surface area contributed by atoms with Crippen LogP contribution in [0.1, 0.15) is 40.5 Å². The van der Waals surface area contributed by atoms with Gasteiger partial charge in [-0.05, 0) is 32.8 Å². The van der Waals surface area contributed by atoms with Crippen LogP contribution in [0.25, 0.3) is 0 Å². The lowest BCUT2D eigenvalue weighted by atomic mass is 9.79. The molecular weight excluding hydrogens is 216 g/mol. The quantitative estimate of drug-likeness (QED) is 0.550. The van der Waals surface area contributed by atoms with Gasteiger partial charge in [-0.25, -0.2) is 4.79 Å². The summed E-state index contributed by atoms with van der Waals surface area (Å²) in [5, 5.41) is 10.6. The summed E-state index contributed by atoms with van der Waals surface area (Å²) >= 11 is 0. The van der Waals surface area contributed by atoms with E-state index < -0.39 is 11.6 Å². The highest BCUT2D eigenvalue weighted by atomic mass is 16.6. The summed E-state index contributed by atoms with van der Waals surface area (Å²) in [6.45, 7) is 14.5. The second-order valence-corrected chi connectivity index (χ2v) is 4.63. The van der Waals surface area contributed by atoms with E-state index in [-0.39, 0.29) is 12.0 Å². The van der Waals surface area contributed by atoms with Crippen molar-refractivity contribution in [3.63, 3.8) is 0 Å². The summed E-state index contributed by atoms with van der Waals surface area (Å²) in [6.07, 6.45) is 2.85. The van der Waals surface area contributed by atoms with Gasteiger partial charge < -0.3 is 9.84 Å². The first kappa shape index (κ1) is 15.9. The van der Waals surface area contributed by atoms with Crippen molar-refractivity contribution >= 4 is 5.97 Å². The Kier molecular flexibility index (Phi) is 6.18. The monoisotopic (exact) mass is 240 g/mol. The molecule has 0 rings (SSSR count). The predicted molar refractivity (Wildman–Crippen MR) is 69.6 cm³/mol. The second kappa shape index (κ2) is 6.60. The topological polar surface area (TPSA) is 46.5 Å². The summed E-state index contributed by atoms with van der Waals surface area (Å²) in [5.41, 5.74) is -1.27. The first-order chi connectivity index (χ1) is 7.80. The highest BCUT2D eigenvalue weighted by molar-refractivity contribution is 5.84. The van der Waals surface area contributed by atoms with Crippen LogP contribution in [-0.4, -0.2) is 22.8 Å². The maximum absolute atomic E-state index is 12.0. The van der Waals surface area contributed by atoms with Gasteiger partial charge in [0.25, 0.3) is 0 Å². The Hall–Kier alpha value is -1.09. The van der Waals surface area contributed by atoms with E-state index in [4.69, 9.17) is 4.74 Å². The third kappa shape index (κ3) is 3.70. The summed E-state index contributed by atoms with van der Waals surface area (Å²) in [4.78, 5) is 12.0. The van der Waals surface area contributed by atoms with Gasteiger partial charge in [-0.3, -0.25) is 0 Å². The van der Waals surface area contributed by atoms with Crippen LogP contribution in [0.2, 0.25) is 0 Å². The normalized spacial score (nSPS) is 16.1. The molecule has 0 spiro atoms. The molecule has 0 aliphatic rings. The first-order valence-electron chi connectivity index (χ1n) is 6.02. The largest absolute Gasteiger partial charge is 0.461 e. The van der Waals surface area contributed by atoms with Crippen LogP contribution >= 0.6 is 0 Å². The van der Waals surface area contributed by atoms with Crippen molar-refractivity contribution in [3.8, 4) is 0 Å². The van der Waals surface area contributed by atoms with Crippen molar-refractivity contribution in [2.45, 2.75) is 52.2 Å². The fourth-order valence-electron chi connectivity index (χ4n) is 1.75. The number of rotatable bonds is 7. The van der Waals surface area contributed by atoms with Crippen LogP contribution < -0.4 is 0 Å². The van der Waals surface area contributed by atoms with Crippen molar-refractivity contribution < 1.29 is 14.6 Å². The average molecular weight is 240 g/mol. The van der Waals surface area contributed by atoms with Crippen LogP contribution in [0.3, 0.4) is 0 Å². The molecule has 17 heavy (non-hydrogen) atoms. The minimum atomic E-state index is -1.66. The standard InChI is InChI=1S/C14H24O3/c1-7-9-12(8-2)14(16,10(3)4)13(15)17-11(5)6/h8,11-12,16H,2-3,7,9H2,1,4-6H3/t12-,14+/m1/s1. The van der Waals surface area contributed by atoms with Gasteiger partial charge in [-0.15, -0.1) is 6.58 Å². The number of hydrogen-bond donors (Lipinski definition) is 1. The molecule has 0 aromatic heterocycles. The van der Waals surface area contributed by atoms with Crippen molar-refractivity contribution in [1.29, 1.82) is 0 Å². The molecule has 3 heteroatoms. The Morgan fingerprint density at radius 3 is 2.35 bits per heavy atom. The molecule has 0 aromatic rings. The van der Waals surface area contributed by atoms with Crippen molar-refractivity contribution in [2.24, 2.45) is 5.92 Å². The van der Waals surface area contributed by atoms with E-state index in [9.17, 15) is 9.90 Å². The zero-order valence-corrected chi connectivity index (χ0v) is 11.3. The molecule has 0 amide bonds. The van der Waals surface area contributed by atoms with Crippen LogP contribution in [0.5, 0.6) is 0 Å². The lowest BCUT2D eigenvalue weighted by Crippen LogP contribution is -2.48. The zero-order chi connectivity index (χ0) is 13.6. The molecule has 0 saturated heterocycles. The highest BCUT2D eigenvalue weighted by Crippen LogP contribution is 2.31. The van der Waals surface area contributed by atoms with E-state index in [2.05, 4.69) is 13.2 Å². The van der Waals surface area contributed by atoms with Gasteiger partial charge in [0, 0.05) is 5.92 Å². The van der Waals surface area contributed by atoms with Crippen molar-refractivity contribution in [1.82, 2.24) is 0 Å². The van der Waals surface area contributed by atoms with Gasteiger partial charge in [-0.2, -0.15) is 0 Å². The maximum Gasteiger partial charge on any atom is 0.343 e. The van der Waals surface area contributed by atoms with E-state index in [1.807, 2.05) is 6.92 Å². The summed E-state index contributed by atoms with van der Waals surface area (Å²) in [5.74, 6) is -1.01. The fraction of sp³-hybridized carbons (Fsp3) is 0.643. The summed E-state index contributed by atoms with van der Waals surface area (Å²) in [6, 6.07) is 0. The molecule has 0 fully saturated rings. The highest BCUT2D eigenvalue weighted by Gasteiger charge is 2.44. The molecule has 0 radical (unpaired) electrons. The molecule has 0 bridgehead atoms. The number of esters is 1. The van der Waals surface area contributed by atoms with Gasteiger partial charge in [0.15, 0.2) is 5.60 Å². The Balaban J connectivity index is 5.20. The van der Waals surface area contributed by atoms with E-state index in [1.165, 1.54) is 0 Å². The Bertz CT molecular complexity index is 294. The summed E-state index contributed by atoms with van der Waals surface area (Å²) in [7, 11) is 0. The predicted octanol–water partition coefficient (Wildman–Crippen LogP) is 2.85. The Morgan fingerprint density at radius 2 is 2.06 bits per heavy atom. The number of hydrogen-bond acceptors (Lipinski definition) is 3. The van der Waals surface area contributed by atoms with Gasteiger partial charge in [0.2, 0.25) is 0 Å². The molecule has 3 nitrogen and oxygen atoms in total. The third-order valence-electron chi connectivity index (χ3n) is 2.73.